The minimum Gasteiger partial charge on any atom is -0.353 e. The Kier molecular flexibility index (Phi) is 3.17. The molecule has 0 spiro atoms. The molecule has 0 unspecified atom stereocenters. The Labute approximate surface area is 97.5 Å². The van der Waals surface area contributed by atoms with Crippen molar-refractivity contribution in [1.82, 2.24) is 14.9 Å². The smallest absolute Gasteiger partial charge is 0.147 e. The molecule has 1 aliphatic rings. The number of piperazine rings is 1. The van der Waals surface area contributed by atoms with Crippen LogP contribution in [0.1, 0.15) is 0 Å². The average molecular weight is 304 g/mol. The van der Waals surface area contributed by atoms with Crippen molar-refractivity contribution < 1.29 is 0 Å². The van der Waals surface area contributed by atoms with Gasteiger partial charge in [0.1, 0.15) is 9.52 Å². The van der Waals surface area contributed by atoms with E-state index in [1.54, 1.807) is 0 Å². The van der Waals surface area contributed by atoms with Crippen LogP contribution in [0.2, 0.25) is 0 Å². The van der Waals surface area contributed by atoms with Crippen LogP contribution >= 0.6 is 22.6 Å². The maximum atomic E-state index is 4.36. The van der Waals surface area contributed by atoms with Gasteiger partial charge in [0, 0.05) is 26.2 Å². The van der Waals surface area contributed by atoms with Gasteiger partial charge in [-0.25, -0.2) is 9.97 Å². The number of hydrogen-bond acceptors (Lipinski definition) is 4. The van der Waals surface area contributed by atoms with E-state index in [0.717, 1.165) is 35.7 Å². The summed E-state index contributed by atoms with van der Waals surface area (Å²) in [6, 6.07) is 0. The molecule has 2 rings (SSSR count). The van der Waals surface area contributed by atoms with Gasteiger partial charge in [-0.2, -0.15) is 0 Å². The highest BCUT2D eigenvalue weighted by atomic mass is 127. The molecule has 1 fully saturated rings. The Bertz CT molecular complexity index is 292. The van der Waals surface area contributed by atoms with Crippen LogP contribution < -0.4 is 4.90 Å². The minimum atomic E-state index is 0.945. The second kappa shape index (κ2) is 4.39. The number of nitrogens with zero attached hydrogens (tertiary/aromatic N) is 4. The molecule has 0 aromatic carbocycles. The lowest BCUT2D eigenvalue weighted by Gasteiger charge is -2.32. The molecule has 2 heterocycles. The van der Waals surface area contributed by atoms with Gasteiger partial charge >= 0.3 is 0 Å². The molecule has 0 bridgehead atoms. The normalized spacial score (nSPS) is 18.6. The number of halogens is 1. The van der Waals surface area contributed by atoms with Gasteiger partial charge in [0.2, 0.25) is 0 Å². The van der Waals surface area contributed by atoms with Crippen LogP contribution in [0.25, 0.3) is 0 Å². The highest BCUT2D eigenvalue weighted by molar-refractivity contribution is 14.1. The summed E-state index contributed by atoms with van der Waals surface area (Å²) in [5, 5.41) is 0. The van der Waals surface area contributed by atoms with Gasteiger partial charge in [-0.05, 0) is 29.6 Å². The van der Waals surface area contributed by atoms with Crippen LogP contribution in [-0.4, -0.2) is 48.1 Å². The van der Waals surface area contributed by atoms with Crippen molar-refractivity contribution in [3.63, 3.8) is 0 Å². The van der Waals surface area contributed by atoms with Crippen molar-refractivity contribution in [2.24, 2.45) is 0 Å². The van der Waals surface area contributed by atoms with Crippen LogP contribution in [0.15, 0.2) is 12.4 Å². The molecule has 1 aliphatic heterocycles. The quantitative estimate of drug-likeness (QED) is 0.720. The van der Waals surface area contributed by atoms with E-state index < -0.39 is 0 Å². The number of anilines is 1. The van der Waals surface area contributed by atoms with E-state index in [4.69, 9.17) is 0 Å². The largest absolute Gasteiger partial charge is 0.353 e. The van der Waals surface area contributed by atoms with Gasteiger partial charge in [0.25, 0.3) is 0 Å². The van der Waals surface area contributed by atoms with E-state index in [1.165, 1.54) is 0 Å². The third-order valence-electron chi connectivity index (χ3n) is 2.43. The molecule has 14 heavy (non-hydrogen) atoms. The van der Waals surface area contributed by atoms with Crippen molar-refractivity contribution in [2.75, 3.05) is 38.1 Å². The van der Waals surface area contributed by atoms with Crippen molar-refractivity contribution in [2.45, 2.75) is 0 Å². The fourth-order valence-corrected chi connectivity index (χ4v) is 1.78. The molecule has 1 aromatic heterocycles. The molecular weight excluding hydrogens is 291 g/mol. The first-order valence-corrected chi connectivity index (χ1v) is 5.74. The van der Waals surface area contributed by atoms with Gasteiger partial charge in [0.15, 0.2) is 0 Å². The Balaban J connectivity index is 2.05. The first kappa shape index (κ1) is 10.1. The Morgan fingerprint density at radius 3 is 2.43 bits per heavy atom. The SMILES string of the molecule is CN1CCN(c2cnc(I)cn2)CC1. The van der Waals surface area contributed by atoms with E-state index in [-0.39, 0.29) is 0 Å². The van der Waals surface area contributed by atoms with Crippen LogP contribution in [0.3, 0.4) is 0 Å². The summed E-state index contributed by atoms with van der Waals surface area (Å²) in [5.41, 5.74) is 0. The molecular formula is C9H13IN4. The van der Waals surface area contributed by atoms with Gasteiger partial charge in [-0.15, -0.1) is 0 Å². The number of aromatic nitrogens is 2. The minimum absolute atomic E-state index is 0.945. The summed E-state index contributed by atoms with van der Waals surface area (Å²) in [5.74, 6) is 0.999. The number of hydrogen-bond donors (Lipinski definition) is 0. The summed E-state index contributed by atoms with van der Waals surface area (Å²) in [4.78, 5) is 13.2. The second-order valence-electron chi connectivity index (χ2n) is 3.49. The van der Waals surface area contributed by atoms with Crippen molar-refractivity contribution in [1.29, 1.82) is 0 Å². The molecule has 0 amide bonds. The number of likely N-dealkylation sites (N-methyl/N-ethyl adjacent to an activating group) is 1. The van der Waals surface area contributed by atoms with Crippen LogP contribution in [0.4, 0.5) is 5.82 Å². The lowest BCUT2D eigenvalue weighted by Crippen LogP contribution is -2.44. The summed E-state index contributed by atoms with van der Waals surface area (Å²) in [6.07, 6.45) is 3.67. The Hall–Kier alpha value is -0.430. The lowest BCUT2D eigenvalue weighted by atomic mass is 10.3. The highest BCUT2D eigenvalue weighted by Gasteiger charge is 2.14. The first-order chi connectivity index (χ1) is 6.75. The topological polar surface area (TPSA) is 32.3 Å². The maximum absolute atomic E-state index is 4.36. The lowest BCUT2D eigenvalue weighted by molar-refractivity contribution is 0.312. The molecule has 0 atom stereocenters. The van der Waals surface area contributed by atoms with Gasteiger partial charge in [-0.3, -0.25) is 0 Å². The van der Waals surface area contributed by atoms with Crippen LogP contribution in [0, 0.1) is 3.70 Å². The van der Waals surface area contributed by atoms with E-state index in [0.29, 0.717) is 0 Å². The highest BCUT2D eigenvalue weighted by Crippen LogP contribution is 2.11. The van der Waals surface area contributed by atoms with E-state index in [1.807, 2.05) is 12.4 Å². The zero-order chi connectivity index (χ0) is 9.97. The molecule has 5 heteroatoms. The van der Waals surface area contributed by atoms with Crippen LogP contribution in [-0.2, 0) is 0 Å². The van der Waals surface area contributed by atoms with Gasteiger partial charge in [-0.1, -0.05) is 0 Å². The third-order valence-corrected chi connectivity index (χ3v) is 2.99. The Morgan fingerprint density at radius 1 is 1.14 bits per heavy atom. The predicted molar refractivity (Wildman–Crippen MR) is 64.5 cm³/mol. The fourth-order valence-electron chi connectivity index (χ4n) is 1.50. The summed E-state index contributed by atoms with van der Waals surface area (Å²) < 4.78 is 0.945. The molecule has 1 aromatic rings. The van der Waals surface area contributed by atoms with E-state index in [2.05, 4.69) is 49.4 Å². The van der Waals surface area contributed by atoms with E-state index in [9.17, 15) is 0 Å². The molecule has 0 radical (unpaired) electrons. The average Bonchev–Trinajstić information content (AvgIpc) is 2.21. The zero-order valence-corrected chi connectivity index (χ0v) is 10.3. The maximum Gasteiger partial charge on any atom is 0.147 e. The molecule has 1 saturated heterocycles. The summed E-state index contributed by atoms with van der Waals surface area (Å²) in [6.45, 7) is 4.30. The molecule has 76 valence electrons. The van der Waals surface area contributed by atoms with Gasteiger partial charge < -0.3 is 9.80 Å². The predicted octanol–water partition coefficient (Wildman–Crippen LogP) is 0.833. The third kappa shape index (κ3) is 2.33. The standard InChI is InChI=1S/C9H13IN4/c1-13-2-4-14(5-3-13)9-7-11-8(10)6-12-9/h6-7H,2-5H2,1H3. The number of rotatable bonds is 1. The fraction of sp³-hybridized carbons (Fsp3) is 0.556. The summed E-state index contributed by atoms with van der Waals surface area (Å²) in [7, 11) is 2.15. The molecule has 0 saturated carbocycles. The first-order valence-electron chi connectivity index (χ1n) is 4.67. The Morgan fingerprint density at radius 2 is 1.86 bits per heavy atom. The van der Waals surface area contributed by atoms with Crippen molar-refractivity contribution in [3.05, 3.63) is 16.1 Å². The molecule has 4 nitrogen and oxygen atoms in total. The summed E-state index contributed by atoms with van der Waals surface area (Å²) >= 11 is 2.17. The zero-order valence-electron chi connectivity index (χ0n) is 8.15. The second-order valence-corrected chi connectivity index (χ2v) is 4.59. The van der Waals surface area contributed by atoms with Crippen molar-refractivity contribution >= 4 is 28.4 Å². The van der Waals surface area contributed by atoms with E-state index >= 15 is 0 Å². The van der Waals surface area contributed by atoms with Gasteiger partial charge in [0.05, 0.1) is 12.4 Å². The molecule has 0 aliphatic carbocycles. The van der Waals surface area contributed by atoms with Crippen molar-refractivity contribution in [3.8, 4) is 0 Å². The monoisotopic (exact) mass is 304 g/mol. The molecule has 0 N–H and O–H groups in total. The van der Waals surface area contributed by atoms with Crippen LogP contribution in [0.5, 0.6) is 0 Å².